The molecular weight excluding hydrogens is 424 g/mol. The Kier molecular flexibility index (Phi) is 6.50. The monoisotopic (exact) mass is 476 g/mol. The van der Waals surface area contributed by atoms with Gasteiger partial charge in [-0.15, -0.1) is 0 Å². The molecule has 0 aromatic carbocycles. The van der Waals surface area contributed by atoms with E-state index in [1.165, 1.54) is 32.1 Å². The maximum atomic E-state index is 11.7. The molecule has 4 aliphatic carbocycles. The molecule has 4 saturated carbocycles. The molecule has 4 fully saturated rings. The van der Waals surface area contributed by atoms with Crippen molar-refractivity contribution in [1.29, 1.82) is 0 Å². The van der Waals surface area contributed by atoms with Crippen molar-refractivity contribution in [3.8, 4) is 0 Å². The number of aliphatic hydroxyl groups is 2. The minimum absolute atomic E-state index is 0.00758. The average Bonchev–Trinajstić information content (AvgIpc) is 3.10. The lowest BCUT2D eigenvalue weighted by molar-refractivity contribution is -0.297. The Hall–Kier alpha value is -0.420. The molecule has 0 bridgehead atoms. The zero-order valence-corrected chi connectivity index (χ0v) is 23.2. The number of fused-ring (bicyclic) bond motifs is 5. The Labute approximate surface area is 208 Å². The van der Waals surface area contributed by atoms with Crippen LogP contribution >= 0.6 is 0 Å². The van der Waals surface area contributed by atoms with Gasteiger partial charge in [0.25, 0.3) is 0 Å². The summed E-state index contributed by atoms with van der Waals surface area (Å²) in [5, 5.41) is 31.6. The molecule has 0 radical (unpaired) electrons. The van der Waals surface area contributed by atoms with E-state index in [1.807, 2.05) is 32.9 Å². The van der Waals surface area contributed by atoms with Crippen LogP contribution in [-0.4, -0.2) is 32.8 Å². The minimum atomic E-state index is -0.758. The van der Waals surface area contributed by atoms with Crippen LogP contribution in [0.3, 0.4) is 0 Å². The summed E-state index contributed by atoms with van der Waals surface area (Å²) in [6.07, 6.45) is 13.6. The lowest BCUT2D eigenvalue weighted by Gasteiger charge is -2.70. The van der Waals surface area contributed by atoms with Gasteiger partial charge in [0.15, 0.2) is 0 Å². The number of rotatable bonds is 5. The van der Waals surface area contributed by atoms with Gasteiger partial charge in [-0.2, -0.15) is 0 Å². The maximum Gasteiger partial charge on any atom is 0.116 e. The van der Waals surface area contributed by atoms with E-state index in [0.717, 1.165) is 19.3 Å². The smallest absolute Gasteiger partial charge is 0.116 e. The van der Waals surface area contributed by atoms with Crippen LogP contribution in [0.5, 0.6) is 0 Å². The second-order valence-corrected chi connectivity index (χ2v) is 14.8. The van der Waals surface area contributed by atoms with E-state index in [2.05, 4.69) is 39.5 Å². The molecular formula is C30H52O4. The molecule has 0 aliphatic heterocycles. The van der Waals surface area contributed by atoms with Crippen LogP contribution in [0.15, 0.2) is 12.2 Å². The van der Waals surface area contributed by atoms with Crippen molar-refractivity contribution < 1.29 is 20.4 Å². The average molecular weight is 477 g/mol. The predicted molar refractivity (Wildman–Crippen MR) is 137 cm³/mol. The second-order valence-electron chi connectivity index (χ2n) is 14.8. The third kappa shape index (κ3) is 3.76. The fourth-order valence-corrected chi connectivity index (χ4v) is 10.2. The molecule has 0 amide bonds. The first-order valence-corrected chi connectivity index (χ1v) is 14.0. The fourth-order valence-electron chi connectivity index (χ4n) is 10.2. The lowest BCUT2D eigenvalue weighted by atomic mass is 9.35. The van der Waals surface area contributed by atoms with Crippen LogP contribution < -0.4 is 0 Å². The molecule has 4 heteroatoms. The molecule has 4 rings (SSSR count). The third-order valence-electron chi connectivity index (χ3n) is 12.5. The van der Waals surface area contributed by atoms with Gasteiger partial charge in [0, 0.05) is 0 Å². The van der Waals surface area contributed by atoms with Gasteiger partial charge >= 0.3 is 0 Å². The first-order chi connectivity index (χ1) is 15.6. The van der Waals surface area contributed by atoms with Crippen LogP contribution in [0.4, 0.5) is 0 Å². The van der Waals surface area contributed by atoms with E-state index < -0.39 is 11.2 Å². The molecule has 9 atom stereocenters. The fraction of sp³-hybridized carbons (Fsp3) is 0.933. The Morgan fingerprint density at radius 2 is 1.50 bits per heavy atom. The van der Waals surface area contributed by atoms with Crippen molar-refractivity contribution in [1.82, 2.24) is 0 Å². The highest BCUT2D eigenvalue weighted by molar-refractivity contribution is 5.18. The van der Waals surface area contributed by atoms with Gasteiger partial charge in [-0.1, -0.05) is 46.8 Å². The number of hydrogen-bond acceptors (Lipinski definition) is 4. The summed E-state index contributed by atoms with van der Waals surface area (Å²) in [4.78, 5) is 4.54. The van der Waals surface area contributed by atoms with Crippen LogP contribution in [0.25, 0.3) is 0 Å². The van der Waals surface area contributed by atoms with Crippen molar-refractivity contribution in [2.45, 2.75) is 130 Å². The van der Waals surface area contributed by atoms with Crippen LogP contribution in [0.1, 0.15) is 113 Å². The van der Waals surface area contributed by atoms with Crippen molar-refractivity contribution in [3.63, 3.8) is 0 Å². The molecule has 196 valence electrons. The van der Waals surface area contributed by atoms with E-state index in [0.29, 0.717) is 35.5 Å². The zero-order chi connectivity index (χ0) is 25.4. The summed E-state index contributed by atoms with van der Waals surface area (Å²) in [5.74, 6) is 2.12. The highest BCUT2D eigenvalue weighted by Crippen LogP contribution is 2.75. The maximum absolute atomic E-state index is 11.7. The largest absolute Gasteiger partial charge is 0.393 e. The summed E-state index contributed by atoms with van der Waals surface area (Å²) in [7, 11) is 0. The minimum Gasteiger partial charge on any atom is -0.393 e. The summed E-state index contributed by atoms with van der Waals surface area (Å²) in [6.45, 7) is 18.0. The molecule has 4 nitrogen and oxygen atoms in total. The van der Waals surface area contributed by atoms with Crippen molar-refractivity contribution in [3.05, 3.63) is 12.2 Å². The molecule has 3 N–H and O–H groups in total. The van der Waals surface area contributed by atoms with Crippen LogP contribution in [-0.2, 0) is 4.89 Å². The first kappa shape index (κ1) is 26.6. The standard InChI is InChI=1S/C30H52O4/c1-25(2,34-33)15-9-16-30(8,32)21-12-18-28(6)20(21)10-11-23-27(5)17-14-24(31)26(3,4)22(27)13-19-29(23,28)7/h9,15,20-24,31-33H,10-14,16-19H2,1-8H3/t20-,21-,22?,23+,24-,27-,28-,29+,30-/m0/s1. The summed E-state index contributed by atoms with van der Waals surface area (Å²) in [5.41, 5.74) is -0.675. The Morgan fingerprint density at radius 3 is 2.15 bits per heavy atom. The zero-order valence-electron chi connectivity index (χ0n) is 23.2. The molecule has 4 aliphatic rings. The summed E-state index contributed by atoms with van der Waals surface area (Å²) >= 11 is 0. The molecule has 0 aromatic rings. The third-order valence-corrected chi connectivity index (χ3v) is 12.5. The summed E-state index contributed by atoms with van der Waals surface area (Å²) < 4.78 is 0. The van der Waals surface area contributed by atoms with Crippen molar-refractivity contribution >= 4 is 0 Å². The van der Waals surface area contributed by atoms with Gasteiger partial charge < -0.3 is 10.2 Å². The first-order valence-electron chi connectivity index (χ1n) is 14.0. The van der Waals surface area contributed by atoms with E-state index in [4.69, 9.17) is 5.26 Å². The highest BCUT2D eigenvalue weighted by Gasteiger charge is 2.69. The Bertz CT molecular complexity index is 800. The molecule has 1 unspecified atom stereocenters. The molecule has 34 heavy (non-hydrogen) atoms. The van der Waals surface area contributed by atoms with Crippen LogP contribution in [0.2, 0.25) is 0 Å². The second kappa shape index (κ2) is 8.30. The molecule has 0 aromatic heterocycles. The SMILES string of the molecule is CC(C)(C=CC[C@](C)(O)[C@H]1CC[C@@]2(C)[C@H]1CC[C@@H]1[C@@]3(C)CC[C@H](O)C(C)(C)C3CC[C@]12C)OO. The quantitative estimate of drug-likeness (QED) is 0.227. The van der Waals surface area contributed by atoms with E-state index in [-0.39, 0.29) is 22.3 Å². The van der Waals surface area contributed by atoms with Gasteiger partial charge in [0.1, 0.15) is 5.60 Å². The van der Waals surface area contributed by atoms with E-state index >= 15 is 0 Å². The number of aliphatic hydroxyl groups excluding tert-OH is 1. The molecule has 0 heterocycles. The van der Waals surface area contributed by atoms with Gasteiger partial charge in [-0.3, -0.25) is 5.26 Å². The Morgan fingerprint density at radius 1 is 0.853 bits per heavy atom. The highest BCUT2D eigenvalue weighted by atomic mass is 17.1. The van der Waals surface area contributed by atoms with E-state index in [9.17, 15) is 10.2 Å². The predicted octanol–water partition coefficient (Wildman–Crippen LogP) is 7.00. The lowest BCUT2D eigenvalue weighted by Crippen LogP contribution is -2.64. The number of hydrogen-bond donors (Lipinski definition) is 3. The summed E-state index contributed by atoms with van der Waals surface area (Å²) in [6, 6.07) is 0. The van der Waals surface area contributed by atoms with Crippen molar-refractivity contribution in [2.75, 3.05) is 0 Å². The van der Waals surface area contributed by atoms with Gasteiger partial charge in [-0.05, 0) is 124 Å². The van der Waals surface area contributed by atoms with Gasteiger partial charge in [-0.25, -0.2) is 4.89 Å². The van der Waals surface area contributed by atoms with E-state index in [1.54, 1.807) is 0 Å². The van der Waals surface area contributed by atoms with Gasteiger partial charge in [0.05, 0.1) is 11.7 Å². The van der Waals surface area contributed by atoms with Gasteiger partial charge in [0.2, 0.25) is 0 Å². The molecule has 0 spiro atoms. The molecule has 0 saturated heterocycles. The van der Waals surface area contributed by atoms with Crippen molar-refractivity contribution in [2.24, 2.45) is 45.3 Å². The van der Waals surface area contributed by atoms with Crippen LogP contribution in [0, 0.1) is 45.3 Å². The topological polar surface area (TPSA) is 69.9 Å². The Balaban J connectivity index is 1.59. The normalized spacial score (nSPS) is 48.1.